The summed E-state index contributed by atoms with van der Waals surface area (Å²) in [4.78, 5) is 60.0. The number of ether oxygens (including phenoxy) is 2. The van der Waals surface area contributed by atoms with E-state index in [1.54, 1.807) is 4.90 Å². The highest BCUT2D eigenvalue weighted by Gasteiger charge is 2.37. The molecule has 2 aromatic rings. The Bertz CT molecular complexity index is 1540. The van der Waals surface area contributed by atoms with E-state index in [9.17, 15) is 24.3 Å². The van der Waals surface area contributed by atoms with Crippen molar-refractivity contribution in [1.29, 1.82) is 0 Å². The fourth-order valence-electron chi connectivity index (χ4n) is 8.10. The molecule has 3 saturated heterocycles. The van der Waals surface area contributed by atoms with Crippen molar-refractivity contribution in [2.45, 2.75) is 104 Å². The summed E-state index contributed by atoms with van der Waals surface area (Å²) in [5, 5.41) is 13.4. The molecule has 278 valence electrons. The van der Waals surface area contributed by atoms with Crippen molar-refractivity contribution in [1.82, 2.24) is 19.6 Å². The van der Waals surface area contributed by atoms with Gasteiger partial charge in [-0.2, -0.15) is 0 Å². The van der Waals surface area contributed by atoms with E-state index in [-0.39, 0.29) is 49.7 Å². The number of fused-ring (bicyclic) bond motifs is 1. The highest BCUT2D eigenvalue weighted by molar-refractivity contribution is 5.91. The Morgan fingerprint density at radius 1 is 0.863 bits per heavy atom. The molecule has 0 aromatic heterocycles. The molecule has 0 saturated carbocycles. The molecule has 4 aliphatic heterocycles. The topological polar surface area (TPSA) is 132 Å². The normalized spacial score (nSPS) is 20.1. The van der Waals surface area contributed by atoms with Crippen LogP contribution in [-0.4, -0.2) is 119 Å². The molecular weight excluding hydrogens is 650 g/mol. The van der Waals surface area contributed by atoms with E-state index < -0.39 is 12.2 Å². The van der Waals surface area contributed by atoms with E-state index in [0.29, 0.717) is 62.7 Å². The number of nitrogens with zero attached hydrogens (tertiary/aromatic N) is 4. The minimum Gasteiger partial charge on any atom is -0.507 e. The predicted molar refractivity (Wildman–Crippen MR) is 195 cm³/mol. The van der Waals surface area contributed by atoms with Gasteiger partial charge in [-0.3, -0.25) is 14.5 Å². The second-order valence-corrected chi connectivity index (χ2v) is 14.3. The van der Waals surface area contributed by atoms with Crippen LogP contribution in [0.1, 0.15) is 75.1 Å². The van der Waals surface area contributed by atoms with Crippen molar-refractivity contribution in [2.75, 3.05) is 51.1 Å². The van der Waals surface area contributed by atoms with Gasteiger partial charge in [0.2, 0.25) is 0 Å². The number of phenolic OH excluding ortho intramolecular Hbond substituents is 1. The van der Waals surface area contributed by atoms with Crippen LogP contribution in [0, 0.1) is 13.8 Å². The second-order valence-electron chi connectivity index (χ2n) is 14.3. The van der Waals surface area contributed by atoms with Crippen molar-refractivity contribution < 1.29 is 33.8 Å². The number of amides is 4. The highest BCUT2D eigenvalue weighted by Crippen LogP contribution is 2.28. The van der Waals surface area contributed by atoms with Crippen LogP contribution < -0.4 is 5.32 Å². The number of phenols is 1. The Kier molecular flexibility index (Phi) is 12.5. The molecule has 3 fully saturated rings. The van der Waals surface area contributed by atoms with Crippen molar-refractivity contribution in [3.05, 3.63) is 58.7 Å². The maximum absolute atomic E-state index is 14.1. The number of nitrogens with one attached hydrogen (secondary N) is 1. The molecule has 4 heterocycles. The fourth-order valence-corrected chi connectivity index (χ4v) is 8.10. The van der Waals surface area contributed by atoms with E-state index in [2.05, 4.69) is 10.2 Å². The molecule has 12 heteroatoms. The van der Waals surface area contributed by atoms with Gasteiger partial charge in [0.1, 0.15) is 11.9 Å². The lowest BCUT2D eigenvalue weighted by atomic mass is 9.97. The number of anilines is 1. The Balaban J connectivity index is 0.00000504. The van der Waals surface area contributed by atoms with Crippen LogP contribution >= 0.6 is 0 Å². The zero-order valence-electron chi connectivity index (χ0n) is 29.6. The molecule has 12 nitrogen and oxygen atoms in total. The van der Waals surface area contributed by atoms with Crippen LogP contribution in [0.15, 0.2) is 36.4 Å². The summed E-state index contributed by atoms with van der Waals surface area (Å²) in [5.74, 6) is -0.219. The maximum atomic E-state index is 14.1. The number of carbonyl (C=O) groups excluding carboxylic acids is 4. The van der Waals surface area contributed by atoms with Gasteiger partial charge in [-0.15, -0.1) is 0 Å². The predicted octanol–water partition coefficient (Wildman–Crippen LogP) is 5.27. The minimum absolute atomic E-state index is 0. The summed E-state index contributed by atoms with van der Waals surface area (Å²) in [6.45, 7) is 9.44. The van der Waals surface area contributed by atoms with Gasteiger partial charge in [0.25, 0.3) is 5.91 Å². The molecule has 0 bridgehead atoms. The van der Waals surface area contributed by atoms with Crippen LogP contribution in [0.4, 0.5) is 15.3 Å². The van der Waals surface area contributed by atoms with E-state index in [0.717, 1.165) is 62.0 Å². The number of aromatic hydroxyl groups is 1. The summed E-state index contributed by atoms with van der Waals surface area (Å²) in [6, 6.07) is 11.8. The summed E-state index contributed by atoms with van der Waals surface area (Å²) in [6.07, 6.45) is 3.96. The first-order valence-corrected chi connectivity index (χ1v) is 18.2. The third kappa shape index (κ3) is 9.13. The third-order valence-corrected chi connectivity index (χ3v) is 10.9. The van der Waals surface area contributed by atoms with Gasteiger partial charge < -0.3 is 34.6 Å². The monoisotopic (exact) mass is 705 g/mol. The van der Waals surface area contributed by atoms with Gasteiger partial charge in [0.05, 0.1) is 0 Å². The van der Waals surface area contributed by atoms with Gasteiger partial charge in [0, 0.05) is 76.9 Å². The molecule has 0 spiro atoms. The Hall–Kier alpha value is -4.32. The quantitative estimate of drug-likeness (QED) is 0.373. The van der Waals surface area contributed by atoms with Crippen LogP contribution in [0.25, 0.3) is 0 Å². The lowest BCUT2D eigenvalue weighted by Crippen LogP contribution is -2.53. The van der Waals surface area contributed by atoms with Crippen molar-refractivity contribution >= 4 is 29.7 Å². The number of piperidine rings is 3. The SMILES string of the molecule is C.CC(=O)OC1CCN(C2CCN(C(=O)[C@@H](Cc3cc(C)c(O)c(C)c3)OC(=O)N3CCC(N4CCc5ccccc5NC4=O)CC3)CC2)CC1. The summed E-state index contributed by atoms with van der Waals surface area (Å²) >= 11 is 0. The van der Waals surface area contributed by atoms with E-state index in [4.69, 9.17) is 9.47 Å². The number of esters is 1. The van der Waals surface area contributed by atoms with Gasteiger partial charge in [-0.1, -0.05) is 37.8 Å². The Labute approximate surface area is 302 Å². The molecule has 2 N–H and O–H groups in total. The highest BCUT2D eigenvalue weighted by atomic mass is 16.6. The largest absolute Gasteiger partial charge is 0.507 e. The molecule has 2 aromatic carbocycles. The number of urea groups is 1. The number of likely N-dealkylation sites (tertiary alicyclic amines) is 3. The summed E-state index contributed by atoms with van der Waals surface area (Å²) < 4.78 is 11.5. The number of benzene rings is 2. The third-order valence-electron chi connectivity index (χ3n) is 10.9. The van der Waals surface area contributed by atoms with Gasteiger partial charge in [0.15, 0.2) is 6.10 Å². The molecule has 0 aliphatic carbocycles. The molecular formula is C39H55N5O7. The molecule has 6 rings (SSSR count). The molecule has 0 radical (unpaired) electrons. The molecule has 51 heavy (non-hydrogen) atoms. The number of aryl methyl sites for hydroxylation is 2. The molecule has 4 amide bonds. The standard InChI is InChI=1S/C38H51N5O7.CH4/c1-25-22-28(23-26(2)35(25)45)24-34(36(46)41-15-9-30(10-16-41)40-19-13-32(14-20-40)49-27(3)44)50-38(48)42-17-11-31(12-18-42)43-21-8-29-6-4-5-7-33(29)39-37(43)47;/h4-7,22-23,30-32,34,45H,8-21,24H2,1-3H3,(H,39,47);1H4/t34-;/m1./s1. The van der Waals surface area contributed by atoms with Crippen molar-refractivity contribution in [3.63, 3.8) is 0 Å². The smallest absolute Gasteiger partial charge is 0.410 e. The molecule has 1 atom stereocenters. The summed E-state index contributed by atoms with van der Waals surface area (Å²) in [7, 11) is 0. The van der Waals surface area contributed by atoms with Gasteiger partial charge in [-0.05, 0) is 87.1 Å². The molecule has 0 unspecified atom stereocenters. The zero-order valence-corrected chi connectivity index (χ0v) is 29.6. The number of rotatable bonds is 7. The van der Waals surface area contributed by atoms with E-state index in [1.807, 2.05) is 60.0 Å². The van der Waals surface area contributed by atoms with Crippen LogP contribution in [0.5, 0.6) is 5.75 Å². The first-order valence-electron chi connectivity index (χ1n) is 18.2. The number of para-hydroxylation sites is 1. The average Bonchev–Trinajstić information content (AvgIpc) is 3.28. The molecule has 4 aliphatic rings. The number of hydrogen-bond donors (Lipinski definition) is 2. The van der Waals surface area contributed by atoms with Gasteiger partial charge >= 0.3 is 18.1 Å². The number of hydrogen-bond acceptors (Lipinski definition) is 8. The van der Waals surface area contributed by atoms with E-state index in [1.165, 1.54) is 6.92 Å². The van der Waals surface area contributed by atoms with Crippen LogP contribution in [0.3, 0.4) is 0 Å². The number of carbonyl (C=O) groups is 4. The lowest BCUT2D eigenvalue weighted by Gasteiger charge is -2.42. The van der Waals surface area contributed by atoms with Gasteiger partial charge in [-0.25, -0.2) is 9.59 Å². The fraction of sp³-hybridized carbons (Fsp3) is 0.590. The second kappa shape index (κ2) is 16.8. The van der Waals surface area contributed by atoms with Crippen molar-refractivity contribution in [3.8, 4) is 5.75 Å². The van der Waals surface area contributed by atoms with E-state index >= 15 is 0 Å². The van der Waals surface area contributed by atoms with Crippen LogP contribution in [-0.2, 0) is 31.9 Å². The minimum atomic E-state index is -1.01. The lowest BCUT2D eigenvalue weighted by molar-refractivity contribution is -0.148. The first-order chi connectivity index (χ1) is 24.0. The van der Waals surface area contributed by atoms with Crippen LogP contribution in [0.2, 0.25) is 0 Å². The summed E-state index contributed by atoms with van der Waals surface area (Å²) in [5.41, 5.74) is 4.20. The maximum Gasteiger partial charge on any atom is 0.410 e. The van der Waals surface area contributed by atoms with Crippen molar-refractivity contribution in [2.24, 2.45) is 0 Å². The first kappa shape index (κ1) is 37.9. The Morgan fingerprint density at radius 3 is 2.12 bits per heavy atom. The average molecular weight is 706 g/mol. The zero-order chi connectivity index (χ0) is 35.4. The Morgan fingerprint density at radius 2 is 1.47 bits per heavy atom.